The Labute approximate surface area is 333 Å². The minimum atomic E-state index is -0.434. The fraction of sp³-hybridized carbons (Fsp3) is 0.132. The van der Waals surface area contributed by atoms with E-state index in [9.17, 15) is 0 Å². The van der Waals surface area contributed by atoms with Crippen molar-refractivity contribution in [3.05, 3.63) is 208 Å². The first-order chi connectivity index (χ1) is 27.9. The number of hydrogen-bond donors (Lipinski definition) is 0. The monoisotopic (exact) mass is 732 g/mol. The summed E-state index contributed by atoms with van der Waals surface area (Å²) >= 11 is 0. The maximum absolute atomic E-state index is 5.15. The van der Waals surface area contributed by atoms with Gasteiger partial charge >= 0.3 is 0 Å². The van der Waals surface area contributed by atoms with E-state index < -0.39 is 5.41 Å². The number of benzene rings is 6. The molecule has 0 radical (unpaired) electrons. The van der Waals surface area contributed by atoms with E-state index in [0.29, 0.717) is 17.5 Å². The number of fused-ring (bicyclic) bond motifs is 10. The van der Waals surface area contributed by atoms with E-state index in [-0.39, 0.29) is 11.8 Å². The van der Waals surface area contributed by atoms with Gasteiger partial charge in [0.1, 0.15) is 5.82 Å². The lowest BCUT2D eigenvalue weighted by atomic mass is 9.63. The van der Waals surface area contributed by atoms with Gasteiger partial charge in [-0.15, -0.1) is 0 Å². The van der Waals surface area contributed by atoms with Gasteiger partial charge in [0.15, 0.2) is 11.6 Å². The molecule has 8 aromatic rings. The van der Waals surface area contributed by atoms with Crippen LogP contribution in [-0.2, 0) is 5.41 Å². The molecule has 0 fully saturated rings. The molecule has 57 heavy (non-hydrogen) atoms. The predicted molar refractivity (Wildman–Crippen MR) is 232 cm³/mol. The first kappa shape index (κ1) is 33.5. The molecule has 11 rings (SSSR count). The average Bonchev–Trinajstić information content (AvgIpc) is 3.71. The summed E-state index contributed by atoms with van der Waals surface area (Å²) in [6.45, 7) is 8.75. The van der Waals surface area contributed by atoms with Crippen molar-refractivity contribution in [3.63, 3.8) is 0 Å². The molecule has 3 atom stereocenters. The Morgan fingerprint density at radius 3 is 2.12 bits per heavy atom. The predicted octanol–water partition coefficient (Wildman–Crippen LogP) is 12.4. The van der Waals surface area contributed by atoms with Crippen molar-refractivity contribution in [2.75, 3.05) is 0 Å². The van der Waals surface area contributed by atoms with Gasteiger partial charge in [0, 0.05) is 35.0 Å². The van der Waals surface area contributed by atoms with Crippen LogP contribution in [-0.4, -0.2) is 19.9 Å². The Kier molecular flexibility index (Phi) is 7.43. The third kappa shape index (κ3) is 4.86. The molecule has 0 amide bonds. The van der Waals surface area contributed by atoms with Gasteiger partial charge in [0.05, 0.1) is 5.41 Å². The summed E-state index contributed by atoms with van der Waals surface area (Å²) in [7, 11) is 0. The van der Waals surface area contributed by atoms with Gasteiger partial charge in [0.25, 0.3) is 0 Å². The van der Waals surface area contributed by atoms with Crippen molar-refractivity contribution in [2.45, 2.75) is 39.0 Å². The van der Waals surface area contributed by atoms with Gasteiger partial charge < -0.3 is 0 Å². The highest BCUT2D eigenvalue weighted by molar-refractivity contribution is 5.99. The second kappa shape index (κ2) is 12.6. The fourth-order valence-electron chi connectivity index (χ4n) is 10.2. The normalized spacial score (nSPS) is 18.8. The highest BCUT2D eigenvalue weighted by Gasteiger charge is 2.55. The van der Waals surface area contributed by atoms with Gasteiger partial charge in [-0.2, -0.15) is 0 Å². The molecule has 2 heterocycles. The van der Waals surface area contributed by atoms with Crippen molar-refractivity contribution in [3.8, 4) is 45.0 Å². The number of aryl methyl sites for hydroxylation is 2. The van der Waals surface area contributed by atoms with Gasteiger partial charge in [-0.05, 0) is 110 Å². The van der Waals surface area contributed by atoms with Crippen LogP contribution in [0, 0.1) is 26.7 Å². The Balaban J connectivity index is 1.07. The van der Waals surface area contributed by atoms with E-state index in [4.69, 9.17) is 15.0 Å². The summed E-state index contributed by atoms with van der Waals surface area (Å²) in [4.78, 5) is 19.5. The molecule has 3 unspecified atom stereocenters. The van der Waals surface area contributed by atoms with E-state index in [1.807, 2.05) is 19.3 Å². The molecular formula is C53H40N4. The van der Waals surface area contributed by atoms with Crippen LogP contribution >= 0.6 is 0 Å². The minimum Gasteiger partial charge on any atom is -0.264 e. The van der Waals surface area contributed by atoms with Crippen LogP contribution in [0.4, 0.5) is 0 Å². The Bertz CT molecular complexity index is 3040. The molecule has 3 aliphatic rings. The second-order valence-corrected chi connectivity index (χ2v) is 15.9. The minimum absolute atomic E-state index is 0.198. The zero-order valence-electron chi connectivity index (χ0n) is 32.5. The third-order valence-electron chi connectivity index (χ3n) is 12.9. The molecule has 1 spiro atoms. The van der Waals surface area contributed by atoms with Gasteiger partial charge in [-0.1, -0.05) is 146 Å². The SMILES string of the molecule is Cc1nc(-c2ccc3c(c2)-c2ccccc2C32C3=C(C=CC(c4cccc(-c5cncc(C)c5C)c4)C3C)c3ccccc32)nc(-c2cccc3ccccc23)n1. The number of hydrogen-bond acceptors (Lipinski definition) is 4. The van der Waals surface area contributed by atoms with Crippen LogP contribution in [0.25, 0.3) is 61.4 Å². The number of allylic oxidation sites excluding steroid dienone is 4. The standard InChI is InChI=1S/C53H40N4/c1-31-29-54-30-46(32(31)2)37-16-11-15-36(27-37)39-24-25-43-41-18-7-9-21-47(41)53(50(43)33(39)3)48-22-10-8-19-42(48)45-28-38(23-26-49(45)53)51-55-34(4)56-52(57-51)44-20-12-14-35-13-5-6-17-40(35)44/h5-30,33,39H,1-4H3. The Morgan fingerprint density at radius 2 is 1.25 bits per heavy atom. The van der Waals surface area contributed by atoms with Crippen LogP contribution in [0.3, 0.4) is 0 Å². The molecule has 3 aliphatic carbocycles. The van der Waals surface area contributed by atoms with Crippen molar-refractivity contribution in [1.29, 1.82) is 0 Å². The van der Waals surface area contributed by atoms with Gasteiger partial charge in [0.2, 0.25) is 0 Å². The average molecular weight is 733 g/mol. The number of pyridine rings is 1. The summed E-state index contributed by atoms with van der Waals surface area (Å²) in [5.41, 5.74) is 18.5. The maximum atomic E-state index is 5.15. The lowest BCUT2D eigenvalue weighted by Gasteiger charge is -2.39. The molecule has 0 saturated carbocycles. The Morgan fingerprint density at radius 1 is 0.544 bits per heavy atom. The van der Waals surface area contributed by atoms with E-state index >= 15 is 0 Å². The fourth-order valence-corrected chi connectivity index (χ4v) is 10.2. The number of aromatic nitrogens is 4. The van der Waals surface area contributed by atoms with Crippen LogP contribution in [0.5, 0.6) is 0 Å². The first-order valence-electron chi connectivity index (χ1n) is 19.9. The molecule has 6 aromatic carbocycles. The highest BCUT2D eigenvalue weighted by Crippen LogP contribution is 2.65. The van der Waals surface area contributed by atoms with Crippen LogP contribution in [0.1, 0.15) is 57.6 Å². The quantitative estimate of drug-likeness (QED) is 0.181. The molecule has 272 valence electrons. The number of rotatable bonds is 4. The summed E-state index contributed by atoms with van der Waals surface area (Å²) in [5.74, 6) is 2.50. The molecule has 4 heteroatoms. The maximum Gasteiger partial charge on any atom is 0.164 e. The largest absolute Gasteiger partial charge is 0.264 e. The smallest absolute Gasteiger partial charge is 0.164 e. The second-order valence-electron chi connectivity index (χ2n) is 15.9. The van der Waals surface area contributed by atoms with Crippen LogP contribution in [0.15, 0.2) is 164 Å². The molecule has 2 aromatic heterocycles. The van der Waals surface area contributed by atoms with E-state index in [1.165, 1.54) is 77.7 Å². The summed E-state index contributed by atoms with van der Waals surface area (Å²) in [6, 6.07) is 48.9. The van der Waals surface area contributed by atoms with Crippen molar-refractivity contribution in [2.24, 2.45) is 5.92 Å². The van der Waals surface area contributed by atoms with Crippen molar-refractivity contribution >= 4 is 16.3 Å². The molecular weight excluding hydrogens is 693 g/mol. The lowest BCUT2D eigenvalue weighted by Crippen LogP contribution is -2.32. The highest BCUT2D eigenvalue weighted by atomic mass is 15.0. The summed E-state index contributed by atoms with van der Waals surface area (Å²) in [5, 5.41) is 2.30. The van der Waals surface area contributed by atoms with E-state index in [1.54, 1.807) is 0 Å². The molecule has 0 bridgehead atoms. The van der Waals surface area contributed by atoms with E-state index in [0.717, 1.165) is 16.5 Å². The molecule has 0 N–H and O–H groups in total. The zero-order valence-corrected chi connectivity index (χ0v) is 32.5. The Hall–Kier alpha value is -6.78. The third-order valence-corrected chi connectivity index (χ3v) is 12.9. The first-order valence-corrected chi connectivity index (χ1v) is 19.9. The van der Waals surface area contributed by atoms with E-state index in [2.05, 4.69) is 171 Å². The van der Waals surface area contributed by atoms with Crippen LogP contribution < -0.4 is 0 Å². The van der Waals surface area contributed by atoms with Gasteiger partial charge in [-0.25, -0.2) is 15.0 Å². The number of nitrogens with zero attached hydrogens (tertiary/aromatic N) is 4. The van der Waals surface area contributed by atoms with Crippen molar-refractivity contribution in [1.82, 2.24) is 19.9 Å². The topological polar surface area (TPSA) is 51.6 Å². The molecule has 0 saturated heterocycles. The molecule has 0 aliphatic heterocycles. The lowest BCUT2D eigenvalue weighted by molar-refractivity contribution is 0.538. The van der Waals surface area contributed by atoms with Crippen molar-refractivity contribution < 1.29 is 0 Å². The van der Waals surface area contributed by atoms with Gasteiger partial charge in [-0.3, -0.25) is 4.98 Å². The summed E-state index contributed by atoms with van der Waals surface area (Å²) < 4.78 is 0. The summed E-state index contributed by atoms with van der Waals surface area (Å²) in [6.07, 6.45) is 8.82. The zero-order chi connectivity index (χ0) is 38.4. The molecule has 4 nitrogen and oxygen atoms in total. The van der Waals surface area contributed by atoms with Crippen LogP contribution in [0.2, 0.25) is 0 Å².